The number of carbonyl (C=O) groups excluding carboxylic acids is 2. The van der Waals surface area contributed by atoms with Crippen LogP contribution in [0.3, 0.4) is 0 Å². The molecule has 1 atom stereocenters. The van der Waals surface area contributed by atoms with Crippen LogP contribution >= 0.6 is 0 Å². The monoisotopic (exact) mass is 373 g/mol. The van der Waals surface area contributed by atoms with Gasteiger partial charge in [-0.3, -0.25) is 9.59 Å². The number of furan rings is 1. The Bertz CT molecular complexity index is 734. The SMILES string of the molecule is CC[C@H](C)N(CC(=O)N(Cc1ccco1)Cc1cccn1C)C(=O)C(C)C. The lowest BCUT2D eigenvalue weighted by Crippen LogP contribution is -2.47. The first-order valence-electron chi connectivity index (χ1n) is 9.54. The maximum atomic E-state index is 13.1. The molecule has 0 unspecified atom stereocenters. The lowest BCUT2D eigenvalue weighted by atomic mass is 10.1. The second-order valence-electron chi connectivity index (χ2n) is 7.32. The minimum absolute atomic E-state index is 0.00881. The van der Waals surface area contributed by atoms with Crippen LogP contribution in [-0.4, -0.2) is 38.8 Å². The molecule has 2 heterocycles. The quantitative estimate of drug-likeness (QED) is 0.677. The largest absolute Gasteiger partial charge is 0.467 e. The summed E-state index contributed by atoms with van der Waals surface area (Å²) in [5.74, 6) is 0.512. The van der Waals surface area contributed by atoms with E-state index in [0.717, 1.165) is 17.9 Å². The first kappa shape index (κ1) is 20.8. The van der Waals surface area contributed by atoms with Gasteiger partial charge in [-0.05, 0) is 37.6 Å². The number of amides is 2. The molecule has 27 heavy (non-hydrogen) atoms. The number of hydrogen-bond donors (Lipinski definition) is 0. The maximum absolute atomic E-state index is 13.1. The number of aromatic nitrogens is 1. The molecule has 0 spiro atoms. The highest BCUT2D eigenvalue weighted by atomic mass is 16.3. The average Bonchev–Trinajstić information content (AvgIpc) is 3.29. The Balaban J connectivity index is 2.20. The summed E-state index contributed by atoms with van der Waals surface area (Å²) in [6.45, 7) is 8.67. The third-order valence-electron chi connectivity index (χ3n) is 4.89. The molecule has 2 aromatic heterocycles. The highest BCUT2D eigenvalue weighted by Gasteiger charge is 2.27. The third-order valence-corrected chi connectivity index (χ3v) is 4.89. The van der Waals surface area contributed by atoms with E-state index in [4.69, 9.17) is 4.42 Å². The molecule has 0 bridgehead atoms. The van der Waals surface area contributed by atoms with Crippen molar-refractivity contribution in [2.75, 3.05) is 6.54 Å². The van der Waals surface area contributed by atoms with Gasteiger partial charge in [0.1, 0.15) is 12.3 Å². The molecule has 0 aliphatic heterocycles. The minimum atomic E-state index is -0.141. The van der Waals surface area contributed by atoms with E-state index in [-0.39, 0.29) is 30.3 Å². The zero-order valence-electron chi connectivity index (χ0n) is 17.0. The van der Waals surface area contributed by atoms with Crippen molar-refractivity contribution in [1.29, 1.82) is 0 Å². The van der Waals surface area contributed by atoms with Crippen LogP contribution in [0.1, 0.15) is 45.6 Å². The zero-order valence-corrected chi connectivity index (χ0v) is 17.0. The van der Waals surface area contributed by atoms with Crippen molar-refractivity contribution >= 4 is 11.8 Å². The van der Waals surface area contributed by atoms with Crippen molar-refractivity contribution in [3.63, 3.8) is 0 Å². The van der Waals surface area contributed by atoms with Gasteiger partial charge < -0.3 is 18.8 Å². The molecule has 0 saturated carbocycles. The molecule has 0 aromatic carbocycles. The van der Waals surface area contributed by atoms with Gasteiger partial charge in [0.15, 0.2) is 0 Å². The van der Waals surface area contributed by atoms with Gasteiger partial charge in [-0.1, -0.05) is 20.8 Å². The molecule has 6 nitrogen and oxygen atoms in total. The minimum Gasteiger partial charge on any atom is -0.467 e. The molecule has 2 aromatic rings. The highest BCUT2D eigenvalue weighted by molar-refractivity contribution is 5.85. The predicted octanol–water partition coefficient (Wildman–Crippen LogP) is 3.43. The molecule has 0 radical (unpaired) electrons. The Morgan fingerprint density at radius 3 is 2.41 bits per heavy atom. The van der Waals surface area contributed by atoms with E-state index in [0.29, 0.717) is 13.1 Å². The molecule has 0 N–H and O–H groups in total. The Labute approximate surface area is 161 Å². The second kappa shape index (κ2) is 9.44. The zero-order chi connectivity index (χ0) is 20.0. The van der Waals surface area contributed by atoms with Crippen molar-refractivity contribution in [2.24, 2.45) is 13.0 Å². The number of rotatable bonds is 9. The van der Waals surface area contributed by atoms with Crippen molar-refractivity contribution in [3.05, 3.63) is 48.2 Å². The molecule has 2 amide bonds. The van der Waals surface area contributed by atoms with Gasteiger partial charge in [0.25, 0.3) is 0 Å². The summed E-state index contributed by atoms with van der Waals surface area (Å²) >= 11 is 0. The molecule has 148 valence electrons. The fourth-order valence-corrected chi connectivity index (χ4v) is 2.93. The van der Waals surface area contributed by atoms with Gasteiger partial charge in [0, 0.05) is 30.9 Å². The number of nitrogens with zero attached hydrogens (tertiary/aromatic N) is 3. The van der Waals surface area contributed by atoms with Crippen LogP contribution < -0.4 is 0 Å². The maximum Gasteiger partial charge on any atom is 0.242 e. The highest BCUT2D eigenvalue weighted by Crippen LogP contribution is 2.15. The summed E-state index contributed by atoms with van der Waals surface area (Å²) in [6, 6.07) is 7.64. The summed E-state index contributed by atoms with van der Waals surface area (Å²) < 4.78 is 7.44. The van der Waals surface area contributed by atoms with Gasteiger partial charge in [-0.25, -0.2) is 0 Å². The van der Waals surface area contributed by atoms with E-state index < -0.39 is 0 Å². The van der Waals surface area contributed by atoms with E-state index in [2.05, 4.69) is 0 Å². The topological polar surface area (TPSA) is 58.7 Å². The van der Waals surface area contributed by atoms with Gasteiger partial charge in [0.2, 0.25) is 11.8 Å². The second-order valence-corrected chi connectivity index (χ2v) is 7.32. The molecule has 0 fully saturated rings. The molecule has 0 saturated heterocycles. The van der Waals surface area contributed by atoms with Gasteiger partial charge in [-0.15, -0.1) is 0 Å². The first-order chi connectivity index (χ1) is 12.8. The van der Waals surface area contributed by atoms with Crippen molar-refractivity contribution in [2.45, 2.75) is 53.2 Å². The molecular weight excluding hydrogens is 342 g/mol. The molecule has 0 aliphatic carbocycles. The third kappa shape index (κ3) is 5.49. The lowest BCUT2D eigenvalue weighted by molar-refractivity contribution is -0.145. The molecule has 6 heteroatoms. The van der Waals surface area contributed by atoms with Gasteiger partial charge >= 0.3 is 0 Å². The number of hydrogen-bond acceptors (Lipinski definition) is 3. The molecular formula is C21H31N3O3. The summed E-state index contributed by atoms with van der Waals surface area (Å²) in [6.07, 6.45) is 4.37. The number of carbonyl (C=O) groups is 2. The standard InChI is InChI=1S/C21H31N3O3/c1-6-17(4)24(21(26)16(2)3)15-20(25)23(14-19-10-8-12-27-19)13-18-9-7-11-22(18)5/h7-12,16-17H,6,13-15H2,1-5H3/t17-/m0/s1. The van der Waals surface area contributed by atoms with Crippen LogP contribution in [0.25, 0.3) is 0 Å². The fourth-order valence-electron chi connectivity index (χ4n) is 2.93. The van der Waals surface area contributed by atoms with Crippen molar-refractivity contribution in [1.82, 2.24) is 14.4 Å². The number of aryl methyl sites for hydroxylation is 1. The van der Waals surface area contributed by atoms with Crippen LogP contribution in [0, 0.1) is 5.92 Å². The van der Waals surface area contributed by atoms with Crippen LogP contribution in [-0.2, 0) is 29.7 Å². The van der Waals surface area contributed by atoms with Crippen LogP contribution in [0.15, 0.2) is 41.1 Å². The normalized spacial score (nSPS) is 12.2. The summed E-state index contributed by atoms with van der Waals surface area (Å²) in [5.41, 5.74) is 1.03. The Morgan fingerprint density at radius 1 is 1.15 bits per heavy atom. The molecule has 0 aliphatic rings. The van der Waals surface area contributed by atoms with Crippen molar-refractivity contribution < 1.29 is 14.0 Å². The van der Waals surface area contributed by atoms with E-state index in [9.17, 15) is 9.59 Å². The Morgan fingerprint density at radius 2 is 1.89 bits per heavy atom. The summed E-state index contributed by atoms with van der Waals surface area (Å²) in [7, 11) is 1.96. The van der Waals surface area contributed by atoms with Gasteiger partial charge in [0.05, 0.1) is 19.4 Å². The lowest BCUT2D eigenvalue weighted by Gasteiger charge is -2.32. The van der Waals surface area contributed by atoms with E-state index in [1.165, 1.54) is 0 Å². The van der Waals surface area contributed by atoms with E-state index in [1.54, 1.807) is 16.1 Å². The Hall–Kier alpha value is -2.50. The van der Waals surface area contributed by atoms with E-state index in [1.807, 2.05) is 69.8 Å². The van der Waals surface area contributed by atoms with Crippen LogP contribution in [0.2, 0.25) is 0 Å². The van der Waals surface area contributed by atoms with Crippen LogP contribution in [0.4, 0.5) is 0 Å². The van der Waals surface area contributed by atoms with Crippen LogP contribution in [0.5, 0.6) is 0 Å². The molecule has 2 rings (SSSR count). The average molecular weight is 373 g/mol. The predicted molar refractivity (Wildman–Crippen MR) is 105 cm³/mol. The smallest absolute Gasteiger partial charge is 0.242 e. The summed E-state index contributed by atoms with van der Waals surface area (Å²) in [5, 5.41) is 0. The fraction of sp³-hybridized carbons (Fsp3) is 0.524. The summed E-state index contributed by atoms with van der Waals surface area (Å²) in [4.78, 5) is 29.2. The first-order valence-corrected chi connectivity index (χ1v) is 9.54. The van der Waals surface area contributed by atoms with Crippen molar-refractivity contribution in [3.8, 4) is 0 Å². The van der Waals surface area contributed by atoms with Gasteiger partial charge in [-0.2, -0.15) is 0 Å². The van der Waals surface area contributed by atoms with E-state index >= 15 is 0 Å². The Kier molecular flexibility index (Phi) is 7.28.